The van der Waals surface area contributed by atoms with Gasteiger partial charge < -0.3 is 19.7 Å². The molecule has 0 radical (unpaired) electrons. The van der Waals surface area contributed by atoms with E-state index >= 15 is 0 Å². The van der Waals surface area contributed by atoms with Gasteiger partial charge in [0.15, 0.2) is 11.5 Å². The Labute approximate surface area is 119 Å². The van der Waals surface area contributed by atoms with Crippen molar-refractivity contribution in [3.8, 4) is 0 Å². The van der Waals surface area contributed by atoms with Crippen molar-refractivity contribution in [2.24, 2.45) is 0 Å². The standard InChI is InChI=1S/C14H23N5O/c1-5-15-11-9-19-8-7-16-12(19)13(17-11)18(6-2)10-14(3,4)20/h7-9,15,20H,5-6,10H2,1-4H3. The van der Waals surface area contributed by atoms with Crippen LogP contribution in [0.3, 0.4) is 0 Å². The number of aromatic nitrogens is 3. The zero-order valence-electron chi connectivity index (χ0n) is 12.6. The zero-order chi connectivity index (χ0) is 14.8. The Morgan fingerprint density at radius 1 is 1.40 bits per heavy atom. The summed E-state index contributed by atoms with van der Waals surface area (Å²) in [6.07, 6.45) is 5.58. The first kappa shape index (κ1) is 14.6. The molecule has 0 aliphatic carbocycles. The minimum atomic E-state index is -0.782. The summed E-state index contributed by atoms with van der Waals surface area (Å²) in [5.41, 5.74) is 0.0212. The number of fused-ring (bicyclic) bond motifs is 1. The number of hydrogen-bond acceptors (Lipinski definition) is 5. The lowest BCUT2D eigenvalue weighted by Gasteiger charge is -2.29. The van der Waals surface area contributed by atoms with E-state index < -0.39 is 5.60 Å². The molecule has 110 valence electrons. The van der Waals surface area contributed by atoms with E-state index in [0.717, 1.165) is 30.4 Å². The predicted molar refractivity (Wildman–Crippen MR) is 81.3 cm³/mol. The summed E-state index contributed by atoms with van der Waals surface area (Å²) in [7, 11) is 0. The van der Waals surface area contributed by atoms with Crippen molar-refractivity contribution in [3.63, 3.8) is 0 Å². The number of rotatable bonds is 6. The summed E-state index contributed by atoms with van der Waals surface area (Å²) in [6, 6.07) is 0. The molecule has 0 saturated heterocycles. The average molecular weight is 277 g/mol. The average Bonchev–Trinajstić information content (AvgIpc) is 2.82. The van der Waals surface area contributed by atoms with Crippen molar-refractivity contribution >= 4 is 17.3 Å². The summed E-state index contributed by atoms with van der Waals surface area (Å²) in [6.45, 7) is 9.76. The van der Waals surface area contributed by atoms with E-state index in [0.29, 0.717) is 6.54 Å². The van der Waals surface area contributed by atoms with Gasteiger partial charge in [-0.3, -0.25) is 0 Å². The van der Waals surface area contributed by atoms with Gasteiger partial charge in [0.25, 0.3) is 0 Å². The first-order chi connectivity index (χ1) is 9.44. The van der Waals surface area contributed by atoms with Gasteiger partial charge >= 0.3 is 0 Å². The molecule has 0 aliphatic heterocycles. The molecule has 6 heteroatoms. The van der Waals surface area contributed by atoms with Crippen molar-refractivity contribution in [1.82, 2.24) is 14.4 Å². The van der Waals surface area contributed by atoms with E-state index in [2.05, 4.69) is 15.3 Å². The number of nitrogens with one attached hydrogen (secondary N) is 1. The maximum absolute atomic E-state index is 10.1. The van der Waals surface area contributed by atoms with Gasteiger partial charge in [-0.25, -0.2) is 9.97 Å². The van der Waals surface area contributed by atoms with Gasteiger partial charge in [-0.1, -0.05) is 0 Å². The van der Waals surface area contributed by atoms with Crippen LogP contribution in [0.1, 0.15) is 27.7 Å². The van der Waals surface area contributed by atoms with Crippen LogP contribution in [0.15, 0.2) is 18.6 Å². The van der Waals surface area contributed by atoms with Crippen LogP contribution in [-0.4, -0.2) is 44.7 Å². The molecule has 0 amide bonds. The molecule has 2 aromatic rings. The van der Waals surface area contributed by atoms with Crippen molar-refractivity contribution in [3.05, 3.63) is 18.6 Å². The Morgan fingerprint density at radius 2 is 2.15 bits per heavy atom. The largest absolute Gasteiger partial charge is 0.389 e. The van der Waals surface area contributed by atoms with Gasteiger partial charge in [0.1, 0.15) is 5.82 Å². The van der Waals surface area contributed by atoms with Crippen LogP contribution in [0.4, 0.5) is 11.6 Å². The van der Waals surface area contributed by atoms with Gasteiger partial charge in [-0.2, -0.15) is 0 Å². The maximum Gasteiger partial charge on any atom is 0.180 e. The molecule has 2 N–H and O–H groups in total. The molecule has 0 aromatic carbocycles. The number of likely N-dealkylation sites (N-methyl/N-ethyl adjacent to an activating group) is 1. The molecule has 20 heavy (non-hydrogen) atoms. The lowest BCUT2D eigenvalue weighted by Crippen LogP contribution is -2.39. The minimum absolute atomic E-state index is 0.509. The van der Waals surface area contributed by atoms with Crippen molar-refractivity contribution in [2.75, 3.05) is 29.9 Å². The first-order valence-corrected chi connectivity index (χ1v) is 6.99. The van der Waals surface area contributed by atoms with Crippen molar-refractivity contribution < 1.29 is 5.11 Å². The molecule has 0 bridgehead atoms. The van der Waals surface area contributed by atoms with Gasteiger partial charge in [-0.15, -0.1) is 0 Å². The lowest BCUT2D eigenvalue weighted by molar-refractivity contribution is 0.0874. The third-order valence-electron chi connectivity index (χ3n) is 2.97. The molecular weight excluding hydrogens is 254 g/mol. The van der Waals surface area contributed by atoms with E-state index in [4.69, 9.17) is 0 Å². The molecule has 2 heterocycles. The quantitative estimate of drug-likeness (QED) is 0.842. The maximum atomic E-state index is 10.1. The molecule has 0 atom stereocenters. The highest BCUT2D eigenvalue weighted by molar-refractivity contribution is 5.67. The Bertz CT molecular complexity index is 572. The van der Waals surface area contributed by atoms with Gasteiger partial charge in [0.2, 0.25) is 0 Å². The summed E-state index contributed by atoms with van der Waals surface area (Å²) in [4.78, 5) is 11.1. The van der Waals surface area contributed by atoms with Crippen LogP contribution in [-0.2, 0) is 0 Å². The second kappa shape index (κ2) is 5.66. The van der Waals surface area contributed by atoms with Crippen LogP contribution in [0.25, 0.3) is 5.65 Å². The van der Waals surface area contributed by atoms with Crippen LogP contribution in [0, 0.1) is 0 Å². The Balaban J connectivity index is 2.46. The Morgan fingerprint density at radius 3 is 2.75 bits per heavy atom. The second-order valence-electron chi connectivity index (χ2n) is 5.46. The molecule has 0 fully saturated rings. The van der Waals surface area contributed by atoms with Crippen molar-refractivity contribution in [2.45, 2.75) is 33.3 Å². The van der Waals surface area contributed by atoms with Crippen LogP contribution in [0.5, 0.6) is 0 Å². The lowest BCUT2D eigenvalue weighted by atomic mass is 10.1. The summed E-state index contributed by atoms with van der Waals surface area (Å²) in [5, 5.41) is 13.3. The topological polar surface area (TPSA) is 65.7 Å². The number of aliphatic hydroxyl groups is 1. The molecule has 2 aromatic heterocycles. The number of nitrogens with zero attached hydrogens (tertiary/aromatic N) is 4. The van der Waals surface area contributed by atoms with Crippen LogP contribution < -0.4 is 10.2 Å². The third-order valence-corrected chi connectivity index (χ3v) is 2.97. The normalized spacial score (nSPS) is 11.8. The molecule has 0 spiro atoms. The first-order valence-electron chi connectivity index (χ1n) is 6.99. The highest BCUT2D eigenvalue weighted by atomic mass is 16.3. The Kier molecular flexibility index (Phi) is 4.13. The van der Waals surface area contributed by atoms with Crippen molar-refractivity contribution in [1.29, 1.82) is 0 Å². The zero-order valence-corrected chi connectivity index (χ0v) is 12.6. The highest BCUT2D eigenvalue weighted by Gasteiger charge is 2.21. The van der Waals surface area contributed by atoms with E-state index in [1.54, 1.807) is 20.0 Å². The smallest absolute Gasteiger partial charge is 0.180 e. The summed E-state index contributed by atoms with van der Waals surface area (Å²) >= 11 is 0. The van der Waals surface area contributed by atoms with Crippen LogP contribution >= 0.6 is 0 Å². The summed E-state index contributed by atoms with van der Waals surface area (Å²) < 4.78 is 1.95. The van der Waals surface area contributed by atoms with E-state index in [-0.39, 0.29) is 0 Å². The van der Waals surface area contributed by atoms with Gasteiger partial charge in [0.05, 0.1) is 11.8 Å². The van der Waals surface area contributed by atoms with Gasteiger partial charge in [-0.05, 0) is 27.7 Å². The predicted octanol–water partition coefficient (Wildman–Crippen LogP) is 1.76. The third kappa shape index (κ3) is 3.19. The fraction of sp³-hybridized carbons (Fsp3) is 0.571. The highest BCUT2D eigenvalue weighted by Crippen LogP contribution is 2.22. The van der Waals surface area contributed by atoms with E-state index in [9.17, 15) is 5.11 Å². The fourth-order valence-electron chi connectivity index (χ4n) is 2.20. The fourth-order valence-corrected chi connectivity index (χ4v) is 2.20. The number of hydrogen-bond donors (Lipinski definition) is 2. The molecule has 0 aliphatic rings. The Hall–Kier alpha value is -1.82. The number of imidazole rings is 1. The molecule has 6 nitrogen and oxygen atoms in total. The molecule has 2 rings (SSSR count). The molecule has 0 unspecified atom stereocenters. The SMILES string of the molecule is CCNc1cn2ccnc2c(N(CC)CC(C)(C)O)n1. The monoisotopic (exact) mass is 277 g/mol. The van der Waals surface area contributed by atoms with Crippen LogP contribution in [0.2, 0.25) is 0 Å². The summed E-state index contributed by atoms with van der Waals surface area (Å²) in [5.74, 6) is 1.60. The number of anilines is 2. The molecular formula is C14H23N5O. The van der Waals surface area contributed by atoms with Gasteiger partial charge in [0, 0.05) is 32.0 Å². The van der Waals surface area contributed by atoms with E-state index in [1.807, 2.05) is 35.5 Å². The van der Waals surface area contributed by atoms with E-state index in [1.165, 1.54) is 0 Å². The minimum Gasteiger partial charge on any atom is -0.389 e. The molecule has 0 saturated carbocycles. The second-order valence-corrected chi connectivity index (χ2v) is 5.46.